The van der Waals surface area contributed by atoms with Gasteiger partial charge in [-0.25, -0.2) is 19.9 Å². The van der Waals surface area contributed by atoms with Crippen molar-refractivity contribution in [3.63, 3.8) is 0 Å². The van der Waals surface area contributed by atoms with Crippen molar-refractivity contribution >= 4 is 29.5 Å². The molecule has 62 heavy (non-hydrogen) atoms. The third-order valence-corrected chi connectivity index (χ3v) is 8.21. The number of ether oxygens (including phenoxy) is 2. The summed E-state index contributed by atoms with van der Waals surface area (Å²) in [5.41, 5.74) is 2.81. The number of aryl methyl sites for hydroxylation is 2. The van der Waals surface area contributed by atoms with Gasteiger partial charge in [-0.15, -0.1) is 26.3 Å². The largest absolute Gasteiger partial charge is 0.573 e. The monoisotopic (exact) mass is 902 g/mol. The average molecular weight is 904 g/mol. The number of aliphatic hydroxyl groups excluding tert-OH is 1. The Bertz CT molecular complexity index is 2740. The SMILES string of the molecule is Cn1cc(-c2nc(-c3ccc(OC(F)(F)F)cc3)no2)nc1C(O)c1ccnc(Cl)c1.Cn1cnc(-c2nc(-c3ccc(OC(F)(F)F)cc3)no2)c1.O=Cc1ccnc(Cl)c1. The summed E-state index contributed by atoms with van der Waals surface area (Å²) in [5.74, 6) is 0.343. The summed E-state index contributed by atoms with van der Waals surface area (Å²) in [5, 5.41) is 18.8. The Morgan fingerprint density at radius 1 is 0.694 bits per heavy atom. The van der Waals surface area contributed by atoms with E-state index in [0.717, 1.165) is 18.4 Å². The fraction of sp³-hybridized carbons (Fsp3) is 0.132. The van der Waals surface area contributed by atoms with Gasteiger partial charge in [-0.3, -0.25) is 4.79 Å². The Kier molecular flexibility index (Phi) is 13.6. The molecule has 0 saturated carbocycles. The van der Waals surface area contributed by atoms with E-state index >= 15 is 0 Å². The van der Waals surface area contributed by atoms with Gasteiger partial charge in [-0.2, -0.15) is 9.97 Å². The standard InChI is InChI=1S/C19H13ClF3N5O3.C13H9F3N4O2.C6H4ClNO/c1-28-9-13(25-17(28)15(29)11-6-7-24-14(20)8-11)18-26-16(27-31-18)10-2-4-12(5-3-10)30-19(21,22)23;1-20-6-10(17-7-20)12-18-11(19-22-12)8-2-4-9(5-3-8)21-13(14,15)16;7-6-3-5(4-9)1-2-8-6/h2-9,15,29H,1H3;2-7H,1H3;1-4H. The molecule has 1 unspecified atom stereocenters. The first kappa shape index (κ1) is 44.4. The molecular weight excluding hydrogens is 877 g/mol. The highest BCUT2D eigenvalue weighted by Gasteiger charge is 2.32. The molecule has 0 fully saturated rings. The van der Waals surface area contributed by atoms with Gasteiger partial charge in [0.2, 0.25) is 11.6 Å². The molecule has 0 bridgehead atoms. The zero-order valence-corrected chi connectivity index (χ0v) is 33.0. The molecule has 8 rings (SSSR count). The fourth-order valence-electron chi connectivity index (χ4n) is 5.09. The minimum atomic E-state index is -4.77. The summed E-state index contributed by atoms with van der Waals surface area (Å²) in [6.45, 7) is 0. The number of nitrogens with zero attached hydrogens (tertiary/aromatic N) is 10. The van der Waals surface area contributed by atoms with Crippen LogP contribution < -0.4 is 9.47 Å². The summed E-state index contributed by atoms with van der Waals surface area (Å²) < 4.78 is 94.4. The average Bonchev–Trinajstić information content (AvgIpc) is 4.05. The number of benzene rings is 2. The minimum Gasteiger partial charge on any atom is -0.406 e. The summed E-state index contributed by atoms with van der Waals surface area (Å²) in [6.07, 6.45) is -1.98. The summed E-state index contributed by atoms with van der Waals surface area (Å²) >= 11 is 11.3. The molecule has 6 heterocycles. The number of halogens is 8. The highest BCUT2D eigenvalue weighted by Crippen LogP contribution is 2.30. The number of aromatic nitrogens is 10. The topological polar surface area (TPSA) is 195 Å². The number of rotatable bonds is 9. The fourth-order valence-corrected chi connectivity index (χ4v) is 5.45. The zero-order chi connectivity index (χ0) is 44.6. The molecule has 16 nitrogen and oxygen atoms in total. The molecule has 8 aromatic rings. The molecular formula is C38H26Cl2F6N10O6. The van der Waals surface area contributed by atoms with Crippen LogP contribution in [0.25, 0.3) is 45.9 Å². The second-order valence-corrected chi connectivity index (χ2v) is 13.1. The molecule has 0 aliphatic carbocycles. The van der Waals surface area contributed by atoms with Gasteiger partial charge in [0.25, 0.3) is 11.8 Å². The van der Waals surface area contributed by atoms with Gasteiger partial charge in [-0.1, -0.05) is 33.5 Å². The van der Waals surface area contributed by atoms with Gasteiger partial charge in [0, 0.05) is 55.6 Å². The molecule has 2 aromatic carbocycles. The first-order valence-corrected chi connectivity index (χ1v) is 18.0. The second-order valence-electron chi connectivity index (χ2n) is 12.4. The third kappa shape index (κ3) is 12.2. The van der Waals surface area contributed by atoms with E-state index in [9.17, 15) is 36.2 Å². The predicted molar refractivity (Wildman–Crippen MR) is 205 cm³/mol. The lowest BCUT2D eigenvalue weighted by atomic mass is 10.1. The van der Waals surface area contributed by atoms with E-state index in [2.05, 4.69) is 49.7 Å². The van der Waals surface area contributed by atoms with Gasteiger partial charge in [-0.05, 0) is 78.4 Å². The number of aldehydes is 1. The molecule has 1 N–H and O–H groups in total. The number of hydrogen-bond donors (Lipinski definition) is 1. The van der Waals surface area contributed by atoms with Crippen molar-refractivity contribution in [1.82, 2.24) is 49.4 Å². The molecule has 0 amide bonds. The summed E-state index contributed by atoms with van der Waals surface area (Å²) in [4.78, 5) is 34.4. The normalized spacial score (nSPS) is 11.8. The Hall–Kier alpha value is -7.17. The van der Waals surface area contributed by atoms with Crippen LogP contribution in [0, 0.1) is 0 Å². The van der Waals surface area contributed by atoms with E-state index in [1.54, 1.807) is 54.1 Å². The minimum absolute atomic E-state index is 0.0763. The molecule has 0 radical (unpaired) electrons. The van der Waals surface area contributed by atoms with Crippen molar-refractivity contribution in [3.8, 4) is 57.4 Å². The van der Waals surface area contributed by atoms with Crippen LogP contribution in [-0.2, 0) is 14.1 Å². The first-order chi connectivity index (χ1) is 29.4. The molecule has 0 saturated heterocycles. The zero-order valence-electron chi connectivity index (χ0n) is 31.5. The number of carbonyl (C=O) groups excluding carboxylic acids is 1. The van der Waals surface area contributed by atoms with E-state index in [-0.39, 0.29) is 40.1 Å². The number of imidazole rings is 2. The number of hydrogen-bond acceptors (Lipinski definition) is 14. The van der Waals surface area contributed by atoms with Crippen LogP contribution in [0.15, 0.2) is 113 Å². The van der Waals surface area contributed by atoms with Crippen LogP contribution in [0.4, 0.5) is 26.3 Å². The van der Waals surface area contributed by atoms with Crippen LogP contribution in [0.2, 0.25) is 10.3 Å². The van der Waals surface area contributed by atoms with Crippen molar-refractivity contribution in [2.24, 2.45) is 14.1 Å². The van der Waals surface area contributed by atoms with E-state index in [1.165, 1.54) is 60.9 Å². The van der Waals surface area contributed by atoms with E-state index in [0.29, 0.717) is 44.6 Å². The van der Waals surface area contributed by atoms with Crippen molar-refractivity contribution in [2.45, 2.75) is 18.8 Å². The number of carbonyl (C=O) groups is 1. The lowest BCUT2D eigenvalue weighted by Gasteiger charge is -2.10. The van der Waals surface area contributed by atoms with Crippen molar-refractivity contribution < 1.29 is 54.8 Å². The quantitative estimate of drug-likeness (QED) is 0.0820. The lowest BCUT2D eigenvalue weighted by Crippen LogP contribution is -2.16. The van der Waals surface area contributed by atoms with Crippen LogP contribution in [-0.4, -0.2) is 73.5 Å². The van der Waals surface area contributed by atoms with Crippen LogP contribution in [0.5, 0.6) is 11.5 Å². The highest BCUT2D eigenvalue weighted by molar-refractivity contribution is 6.29. The van der Waals surface area contributed by atoms with E-state index in [4.69, 9.17) is 32.2 Å². The van der Waals surface area contributed by atoms with Crippen molar-refractivity contribution in [2.75, 3.05) is 0 Å². The molecule has 24 heteroatoms. The van der Waals surface area contributed by atoms with Gasteiger partial charge in [0.1, 0.15) is 51.4 Å². The second kappa shape index (κ2) is 19.0. The first-order valence-electron chi connectivity index (χ1n) is 17.2. The van der Waals surface area contributed by atoms with Crippen molar-refractivity contribution in [3.05, 3.63) is 131 Å². The number of pyridine rings is 2. The van der Waals surface area contributed by atoms with Crippen LogP contribution in [0.1, 0.15) is 27.8 Å². The van der Waals surface area contributed by atoms with Gasteiger partial charge < -0.3 is 32.8 Å². The molecule has 6 aromatic heterocycles. The molecule has 0 aliphatic heterocycles. The molecule has 0 aliphatic rings. The number of aliphatic hydroxyl groups is 1. The molecule has 0 spiro atoms. The van der Waals surface area contributed by atoms with Gasteiger partial charge >= 0.3 is 12.7 Å². The Morgan fingerprint density at radius 2 is 1.21 bits per heavy atom. The maximum atomic E-state index is 12.3. The van der Waals surface area contributed by atoms with E-state index in [1.807, 2.05) is 0 Å². The van der Waals surface area contributed by atoms with E-state index < -0.39 is 18.8 Å². The smallest absolute Gasteiger partial charge is 0.406 e. The summed E-state index contributed by atoms with van der Waals surface area (Å²) in [7, 11) is 3.49. The Balaban J connectivity index is 0.000000179. The van der Waals surface area contributed by atoms with Crippen molar-refractivity contribution in [1.29, 1.82) is 0 Å². The maximum absolute atomic E-state index is 12.3. The predicted octanol–water partition coefficient (Wildman–Crippen LogP) is 8.75. The van der Waals surface area contributed by atoms with Crippen LogP contribution in [0.3, 0.4) is 0 Å². The van der Waals surface area contributed by atoms with Crippen LogP contribution >= 0.6 is 23.2 Å². The van der Waals surface area contributed by atoms with Gasteiger partial charge in [0.05, 0.1) is 6.33 Å². The molecule has 1 atom stereocenters. The lowest BCUT2D eigenvalue weighted by molar-refractivity contribution is -0.275. The molecule has 320 valence electrons. The highest BCUT2D eigenvalue weighted by atomic mass is 35.5. The maximum Gasteiger partial charge on any atom is 0.573 e. The Labute approximate surface area is 354 Å². The number of alkyl halides is 6. The third-order valence-electron chi connectivity index (χ3n) is 7.80. The summed E-state index contributed by atoms with van der Waals surface area (Å²) in [6, 6.07) is 16.5. The Morgan fingerprint density at radius 3 is 1.66 bits per heavy atom. The van der Waals surface area contributed by atoms with Gasteiger partial charge in [0.15, 0.2) is 0 Å².